The van der Waals surface area contributed by atoms with Crippen molar-refractivity contribution in [1.29, 1.82) is 0 Å². The summed E-state index contributed by atoms with van der Waals surface area (Å²) >= 11 is 9.70. The Morgan fingerprint density at radius 1 is 1.13 bits per heavy atom. The number of anilines is 1. The van der Waals surface area contributed by atoms with Crippen LogP contribution in [0.2, 0.25) is 5.02 Å². The van der Waals surface area contributed by atoms with Gasteiger partial charge in [-0.3, -0.25) is 4.40 Å². The Bertz CT molecular complexity index is 1010. The Balaban J connectivity index is 1.63. The summed E-state index contributed by atoms with van der Waals surface area (Å²) in [6, 6.07) is 13.6. The minimum Gasteiger partial charge on any atom is -0.363 e. The van der Waals surface area contributed by atoms with Crippen molar-refractivity contribution >= 4 is 49.9 Å². The molecule has 7 heteroatoms. The van der Waals surface area contributed by atoms with E-state index in [1.807, 2.05) is 53.1 Å². The van der Waals surface area contributed by atoms with E-state index in [9.17, 15) is 0 Å². The second-order valence-electron chi connectivity index (χ2n) is 5.05. The van der Waals surface area contributed by atoms with Crippen molar-refractivity contribution in [3.05, 3.63) is 64.0 Å². The van der Waals surface area contributed by atoms with Crippen LogP contribution in [0.1, 0.15) is 5.82 Å². The fourth-order valence-electron chi connectivity index (χ4n) is 2.44. The van der Waals surface area contributed by atoms with E-state index in [1.165, 1.54) is 0 Å². The number of benzene rings is 1. The zero-order valence-corrected chi connectivity index (χ0v) is 14.2. The van der Waals surface area contributed by atoms with Gasteiger partial charge in [-0.15, -0.1) is 10.2 Å². The number of nitrogens with one attached hydrogen (secondary N) is 1. The Morgan fingerprint density at radius 3 is 2.96 bits per heavy atom. The lowest BCUT2D eigenvalue weighted by Gasteiger charge is -2.07. The van der Waals surface area contributed by atoms with Gasteiger partial charge in [0.25, 0.3) is 0 Å². The van der Waals surface area contributed by atoms with E-state index in [2.05, 4.69) is 36.4 Å². The van der Waals surface area contributed by atoms with Crippen molar-refractivity contribution in [3.63, 3.8) is 0 Å². The van der Waals surface area contributed by atoms with Crippen molar-refractivity contribution in [2.24, 2.45) is 0 Å². The molecular weight excluding hydrogens is 378 g/mol. The Morgan fingerprint density at radius 2 is 2.04 bits per heavy atom. The number of pyridine rings is 2. The molecule has 3 aromatic heterocycles. The monoisotopic (exact) mass is 387 g/mol. The van der Waals surface area contributed by atoms with Crippen LogP contribution >= 0.6 is 27.5 Å². The molecule has 4 rings (SSSR count). The minimum atomic E-state index is 0.526. The second-order valence-corrected chi connectivity index (χ2v) is 6.38. The first-order chi connectivity index (χ1) is 11.2. The average molecular weight is 389 g/mol. The summed E-state index contributed by atoms with van der Waals surface area (Å²) in [6.07, 6.45) is 1.94. The van der Waals surface area contributed by atoms with E-state index in [4.69, 9.17) is 11.6 Å². The Labute approximate surface area is 145 Å². The molecule has 0 fully saturated rings. The van der Waals surface area contributed by atoms with Gasteiger partial charge in [0.15, 0.2) is 11.5 Å². The van der Waals surface area contributed by atoms with Gasteiger partial charge in [0, 0.05) is 16.1 Å². The van der Waals surface area contributed by atoms with Crippen molar-refractivity contribution in [2.45, 2.75) is 6.54 Å². The SMILES string of the molecule is Clc1cc(Br)cc2ccc(NCc3nnc4ccccn34)nc12. The van der Waals surface area contributed by atoms with Crippen LogP contribution in [-0.4, -0.2) is 19.6 Å². The van der Waals surface area contributed by atoms with Gasteiger partial charge in [0.1, 0.15) is 5.82 Å². The molecule has 1 aromatic carbocycles. The van der Waals surface area contributed by atoms with Crippen molar-refractivity contribution < 1.29 is 0 Å². The van der Waals surface area contributed by atoms with Gasteiger partial charge in [-0.25, -0.2) is 4.98 Å². The molecule has 0 aliphatic rings. The van der Waals surface area contributed by atoms with Crippen LogP contribution in [-0.2, 0) is 6.54 Å². The van der Waals surface area contributed by atoms with Crippen LogP contribution in [0.25, 0.3) is 16.6 Å². The quantitative estimate of drug-likeness (QED) is 0.568. The van der Waals surface area contributed by atoms with E-state index in [1.54, 1.807) is 0 Å². The highest BCUT2D eigenvalue weighted by atomic mass is 79.9. The van der Waals surface area contributed by atoms with E-state index >= 15 is 0 Å². The highest BCUT2D eigenvalue weighted by molar-refractivity contribution is 9.10. The van der Waals surface area contributed by atoms with E-state index in [-0.39, 0.29) is 0 Å². The third-order valence-electron chi connectivity index (χ3n) is 3.52. The highest BCUT2D eigenvalue weighted by Crippen LogP contribution is 2.27. The van der Waals surface area contributed by atoms with Crippen LogP contribution in [0.3, 0.4) is 0 Å². The number of aromatic nitrogens is 4. The first kappa shape index (κ1) is 14.4. The molecule has 0 aliphatic heterocycles. The van der Waals surface area contributed by atoms with E-state index in [0.29, 0.717) is 11.6 Å². The molecule has 0 atom stereocenters. The van der Waals surface area contributed by atoms with E-state index < -0.39 is 0 Å². The van der Waals surface area contributed by atoms with Crippen LogP contribution in [0.15, 0.2) is 53.1 Å². The third-order valence-corrected chi connectivity index (χ3v) is 4.27. The smallest absolute Gasteiger partial charge is 0.160 e. The summed E-state index contributed by atoms with van der Waals surface area (Å²) in [5.41, 5.74) is 1.59. The zero-order chi connectivity index (χ0) is 15.8. The van der Waals surface area contributed by atoms with Crippen molar-refractivity contribution in [2.75, 3.05) is 5.32 Å². The molecule has 1 N–H and O–H groups in total. The summed E-state index contributed by atoms with van der Waals surface area (Å²) in [4.78, 5) is 4.57. The predicted molar refractivity (Wildman–Crippen MR) is 94.8 cm³/mol. The highest BCUT2D eigenvalue weighted by Gasteiger charge is 2.07. The van der Waals surface area contributed by atoms with Crippen LogP contribution in [0.4, 0.5) is 5.82 Å². The topological polar surface area (TPSA) is 55.1 Å². The van der Waals surface area contributed by atoms with Crippen molar-refractivity contribution in [3.8, 4) is 0 Å². The molecular formula is C16H11BrClN5. The fraction of sp³-hybridized carbons (Fsp3) is 0.0625. The van der Waals surface area contributed by atoms with Gasteiger partial charge < -0.3 is 5.32 Å². The van der Waals surface area contributed by atoms with Gasteiger partial charge in [-0.05, 0) is 36.4 Å². The molecule has 114 valence electrons. The van der Waals surface area contributed by atoms with Gasteiger partial charge in [0.05, 0.1) is 17.1 Å². The lowest BCUT2D eigenvalue weighted by atomic mass is 10.2. The van der Waals surface area contributed by atoms with Gasteiger partial charge in [0.2, 0.25) is 0 Å². The number of fused-ring (bicyclic) bond motifs is 2. The van der Waals surface area contributed by atoms with Gasteiger partial charge in [-0.1, -0.05) is 33.6 Å². The molecule has 5 nitrogen and oxygen atoms in total. The van der Waals surface area contributed by atoms with Crippen molar-refractivity contribution in [1.82, 2.24) is 19.6 Å². The normalized spacial score (nSPS) is 11.2. The first-order valence-electron chi connectivity index (χ1n) is 6.99. The Hall–Kier alpha value is -2.18. The molecule has 0 saturated heterocycles. The summed E-state index contributed by atoms with van der Waals surface area (Å²) in [5, 5.41) is 13.2. The molecule has 3 heterocycles. The number of nitrogens with zero attached hydrogens (tertiary/aromatic N) is 4. The summed E-state index contributed by atoms with van der Waals surface area (Å²) in [5.74, 6) is 1.57. The molecule has 4 aromatic rings. The number of hydrogen-bond acceptors (Lipinski definition) is 4. The molecule has 0 spiro atoms. The lowest BCUT2D eigenvalue weighted by molar-refractivity contribution is 0.913. The lowest BCUT2D eigenvalue weighted by Crippen LogP contribution is -2.05. The molecule has 0 saturated carbocycles. The fourth-order valence-corrected chi connectivity index (χ4v) is 3.31. The largest absolute Gasteiger partial charge is 0.363 e. The summed E-state index contributed by atoms with van der Waals surface area (Å²) in [6.45, 7) is 0.526. The second kappa shape index (κ2) is 5.79. The molecule has 0 radical (unpaired) electrons. The molecule has 0 amide bonds. The average Bonchev–Trinajstić information content (AvgIpc) is 2.96. The molecule has 0 unspecified atom stereocenters. The molecule has 23 heavy (non-hydrogen) atoms. The number of halogens is 2. The zero-order valence-electron chi connectivity index (χ0n) is 11.9. The maximum Gasteiger partial charge on any atom is 0.160 e. The van der Waals surface area contributed by atoms with Crippen LogP contribution in [0.5, 0.6) is 0 Å². The minimum absolute atomic E-state index is 0.526. The van der Waals surface area contributed by atoms with E-state index in [0.717, 1.165) is 32.7 Å². The molecule has 0 bridgehead atoms. The maximum absolute atomic E-state index is 6.27. The third kappa shape index (κ3) is 2.75. The number of rotatable bonds is 3. The van der Waals surface area contributed by atoms with Crippen LogP contribution < -0.4 is 5.32 Å². The summed E-state index contributed by atoms with van der Waals surface area (Å²) in [7, 11) is 0. The van der Waals surface area contributed by atoms with Crippen LogP contribution in [0, 0.1) is 0 Å². The Kier molecular flexibility index (Phi) is 3.63. The first-order valence-corrected chi connectivity index (χ1v) is 8.16. The molecule has 0 aliphatic carbocycles. The maximum atomic E-state index is 6.27. The summed E-state index contributed by atoms with van der Waals surface area (Å²) < 4.78 is 2.88. The van der Waals surface area contributed by atoms with Gasteiger partial charge in [-0.2, -0.15) is 0 Å². The number of hydrogen-bond donors (Lipinski definition) is 1. The van der Waals surface area contributed by atoms with Gasteiger partial charge >= 0.3 is 0 Å². The predicted octanol–water partition coefficient (Wildman–Crippen LogP) is 4.31. The standard InChI is InChI=1S/C16H11BrClN5/c17-11-7-10-4-5-13(20-16(10)12(18)8-11)19-9-15-22-21-14-3-1-2-6-23(14)15/h1-8H,9H2,(H,19,20).